The maximum Gasteiger partial charge on any atom is 0.253 e. The fraction of sp³-hybridized carbons (Fsp3) is 0.429. The second kappa shape index (κ2) is 7.16. The van der Waals surface area contributed by atoms with Crippen LogP contribution in [0.3, 0.4) is 0 Å². The number of halogens is 1. The van der Waals surface area contributed by atoms with E-state index in [0.717, 1.165) is 57.7 Å². The number of piperidine rings is 1. The zero-order chi connectivity index (χ0) is 18.0. The predicted molar refractivity (Wildman–Crippen MR) is 98.1 cm³/mol. The van der Waals surface area contributed by atoms with Crippen LogP contribution in [0.15, 0.2) is 48.7 Å². The number of pyridine rings is 1. The van der Waals surface area contributed by atoms with E-state index in [1.54, 1.807) is 12.1 Å². The summed E-state index contributed by atoms with van der Waals surface area (Å²) in [6.45, 7) is 4.62. The average molecular weight is 353 g/mol. The van der Waals surface area contributed by atoms with Gasteiger partial charge in [-0.15, -0.1) is 0 Å². The number of rotatable bonds is 3. The number of amides is 1. The van der Waals surface area contributed by atoms with Gasteiger partial charge < -0.3 is 4.90 Å². The molecule has 2 aromatic rings. The lowest BCUT2D eigenvalue weighted by molar-refractivity contribution is 0.0712. The smallest absolute Gasteiger partial charge is 0.253 e. The molecule has 1 aromatic carbocycles. The van der Waals surface area contributed by atoms with Gasteiger partial charge in [0.25, 0.3) is 5.91 Å². The molecular weight excluding hydrogens is 329 g/mol. The third-order valence-corrected chi connectivity index (χ3v) is 5.85. The molecule has 26 heavy (non-hydrogen) atoms. The fourth-order valence-corrected chi connectivity index (χ4v) is 4.20. The first-order valence-electron chi connectivity index (χ1n) is 9.31. The molecule has 0 bridgehead atoms. The van der Waals surface area contributed by atoms with Gasteiger partial charge in [0, 0.05) is 31.4 Å². The molecule has 0 aliphatic carbocycles. The Bertz CT molecular complexity index is 755. The topological polar surface area (TPSA) is 36.4 Å². The standard InChI is InChI=1S/C21H24FN3O/c22-18-6-4-17(5-7-18)20(26)25-14-10-21(16-25)8-12-24(13-9-21)15-19-3-1-2-11-23-19/h1-7,11H,8-10,12-16H2. The van der Waals surface area contributed by atoms with Crippen LogP contribution in [-0.2, 0) is 6.54 Å². The van der Waals surface area contributed by atoms with Crippen LogP contribution in [0, 0.1) is 11.2 Å². The van der Waals surface area contributed by atoms with Crippen LogP contribution in [0.4, 0.5) is 4.39 Å². The van der Waals surface area contributed by atoms with Crippen molar-refractivity contribution < 1.29 is 9.18 Å². The predicted octanol–water partition coefficient (Wildman–Crippen LogP) is 3.35. The maximum absolute atomic E-state index is 13.1. The van der Waals surface area contributed by atoms with Crippen LogP contribution >= 0.6 is 0 Å². The monoisotopic (exact) mass is 353 g/mol. The number of nitrogens with zero attached hydrogens (tertiary/aromatic N) is 3. The Balaban J connectivity index is 1.34. The van der Waals surface area contributed by atoms with E-state index in [9.17, 15) is 9.18 Å². The van der Waals surface area contributed by atoms with Gasteiger partial charge in [-0.2, -0.15) is 0 Å². The van der Waals surface area contributed by atoms with Crippen molar-refractivity contribution in [2.24, 2.45) is 5.41 Å². The third kappa shape index (κ3) is 3.63. The summed E-state index contributed by atoms with van der Waals surface area (Å²) in [4.78, 5) is 21.5. The number of aromatic nitrogens is 1. The largest absolute Gasteiger partial charge is 0.338 e. The van der Waals surface area contributed by atoms with Gasteiger partial charge in [0.2, 0.25) is 0 Å². The summed E-state index contributed by atoms with van der Waals surface area (Å²) in [6, 6.07) is 11.9. The van der Waals surface area contributed by atoms with Crippen LogP contribution in [0.1, 0.15) is 35.3 Å². The highest BCUT2D eigenvalue weighted by Gasteiger charge is 2.42. The van der Waals surface area contributed by atoms with E-state index in [1.807, 2.05) is 23.2 Å². The molecule has 2 fully saturated rings. The van der Waals surface area contributed by atoms with E-state index in [0.29, 0.717) is 5.56 Å². The molecule has 2 aliphatic rings. The Morgan fingerprint density at radius 1 is 1.04 bits per heavy atom. The Morgan fingerprint density at radius 3 is 2.46 bits per heavy atom. The Kier molecular flexibility index (Phi) is 4.72. The normalized spacial score (nSPS) is 19.8. The maximum atomic E-state index is 13.1. The molecular formula is C21H24FN3O. The van der Waals surface area contributed by atoms with Crippen LogP contribution in [0.2, 0.25) is 0 Å². The van der Waals surface area contributed by atoms with E-state index in [4.69, 9.17) is 0 Å². The Hall–Kier alpha value is -2.27. The van der Waals surface area contributed by atoms with Crippen molar-refractivity contribution >= 4 is 5.91 Å². The van der Waals surface area contributed by atoms with Crippen molar-refractivity contribution in [1.82, 2.24) is 14.8 Å². The molecule has 0 atom stereocenters. The summed E-state index contributed by atoms with van der Waals surface area (Å²) in [5.41, 5.74) is 1.94. The fourth-order valence-electron chi connectivity index (χ4n) is 4.20. The molecule has 136 valence electrons. The van der Waals surface area contributed by atoms with Crippen LogP contribution in [-0.4, -0.2) is 46.9 Å². The van der Waals surface area contributed by atoms with Gasteiger partial charge in [-0.05, 0) is 74.2 Å². The van der Waals surface area contributed by atoms with E-state index >= 15 is 0 Å². The first kappa shape index (κ1) is 17.2. The highest BCUT2D eigenvalue weighted by Crippen LogP contribution is 2.41. The lowest BCUT2D eigenvalue weighted by atomic mass is 9.78. The van der Waals surface area contributed by atoms with Gasteiger partial charge >= 0.3 is 0 Å². The summed E-state index contributed by atoms with van der Waals surface area (Å²) in [6.07, 6.45) is 5.15. The molecule has 3 heterocycles. The zero-order valence-electron chi connectivity index (χ0n) is 14.9. The van der Waals surface area contributed by atoms with Gasteiger partial charge in [-0.1, -0.05) is 6.07 Å². The summed E-state index contributed by atoms with van der Waals surface area (Å²) >= 11 is 0. The highest BCUT2D eigenvalue weighted by molar-refractivity contribution is 5.94. The van der Waals surface area contributed by atoms with Crippen LogP contribution in [0.25, 0.3) is 0 Å². The Labute approximate surface area is 153 Å². The summed E-state index contributed by atoms with van der Waals surface area (Å²) < 4.78 is 13.1. The Morgan fingerprint density at radius 2 is 1.77 bits per heavy atom. The van der Waals surface area contributed by atoms with Crippen molar-refractivity contribution in [3.63, 3.8) is 0 Å². The van der Waals surface area contributed by atoms with Crippen molar-refractivity contribution in [2.45, 2.75) is 25.8 Å². The van der Waals surface area contributed by atoms with E-state index in [-0.39, 0.29) is 17.1 Å². The average Bonchev–Trinajstić information content (AvgIpc) is 3.09. The van der Waals surface area contributed by atoms with Crippen molar-refractivity contribution in [2.75, 3.05) is 26.2 Å². The van der Waals surface area contributed by atoms with Crippen molar-refractivity contribution in [3.8, 4) is 0 Å². The minimum absolute atomic E-state index is 0.0257. The lowest BCUT2D eigenvalue weighted by Gasteiger charge is -2.39. The quantitative estimate of drug-likeness (QED) is 0.849. The lowest BCUT2D eigenvalue weighted by Crippen LogP contribution is -2.42. The molecule has 4 nitrogen and oxygen atoms in total. The molecule has 4 rings (SSSR count). The third-order valence-electron chi connectivity index (χ3n) is 5.85. The number of hydrogen-bond donors (Lipinski definition) is 0. The van der Waals surface area contributed by atoms with Gasteiger partial charge in [-0.25, -0.2) is 4.39 Å². The number of carbonyl (C=O) groups is 1. The molecule has 1 spiro atoms. The van der Waals surface area contributed by atoms with Gasteiger partial charge in [0.15, 0.2) is 0 Å². The molecule has 0 saturated carbocycles. The summed E-state index contributed by atoms with van der Waals surface area (Å²) in [5, 5.41) is 0. The molecule has 5 heteroatoms. The summed E-state index contributed by atoms with van der Waals surface area (Å²) in [7, 11) is 0. The van der Waals surface area contributed by atoms with Crippen LogP contribution < -0.4 is 0 Å². The SMILES string of the molecule is O=C(c1ccc(F)cc1)N1CCC2(CCN(Cc3ccccn3)CC2)C1. The first-order valence-corrected chi connectivity index (χ1v) is 9.31. The molecule has 1 amide bonds. The minimum atomic E-state index is -0.306. The first-order chi connectivity index (χ1) is 12.6. The second-order valence-corrected chi connectivity index (χ2v) is 7.58. The van der Waals surface area contributed by atoms with E-state index in [1.165, 1.54) is 12.1 Å². The molecule has 0 radical (unpaired) electrons. The van der Waals surface area contributed by atoms with Crippen molar-refractivity contribution in [3.05, 3.63) is 65.7 Å². The van der Waals surface area contributed by atoms with Crippen molar-refractivity contribution in [1.29, 1.82) is 0 Å². The van der Waals surface area contributed by atoms with E-state index in [2.05, 4.69) is 16.0 Å². The number of benzene rings is 1. The van der Waals surface area contributed by atoms with Crippen LogP contribution in [0.5, 0.6) is 0 Å². The molecule has 2 saturated heterocycles. The van der Waals surface area contributed by atoms with Gasteiger partial charge in [0.1, 0.15) is 5.82 Å². The van der Waals surface area contributed by atoms with Gasteiger partial charge in [-0.3, -0.25) is 14.7 Å². The number of likely N-dealkylation sites (tertiary alicyclic amines) is 2. The highest BCUT2D eigenvalue weighted by atomic mass is 19.1. The molecule has 0 unspecified atom stereocenters. The second-order valence-electron chi connectivity index (χ2n) is 7.58. The summed E-state index contributed by atoms with van der Waals surface area (Å²) in [5.74, 6) is -0.280. The molecule has 0 N–H and O–H groups in total. The van der Waals surface area contributed by atoms with E-state index < -0.39 is 0 Å². The van der Waals surface area contributed by atoms with Gasteiger partial charge in [0.05, 0.1) is 5.69 Å². The molecule has 2 aliphatic heterocycles. The zero-order valence-corrected chi connectivity index (χ0v) is 14.9. The minimum Gasteiger partial charge on any atom is -0.338 e. The number of hydrogen-bond acceptors (Lipinski definition) is 3. The molecule has 1 aromatic heterocycles. The number of carbonyl (C=O) groups excluding carboxylic acids is 1.